The Hall–Kier alpha value is -8.12. The van der Waals surface area contributed by atoms with E-state index in [4.69, 9.17) is 6.57 Å². The number of nitriles is 1. The molecule has 12 rings (SSSR count). The van der Waals surface area contributed by atoms with E-state index in [1.165, 1.54) is 81.7 Å². The van der Waals surface area contributed by atoms with Crippen LogP contribution in [-0.2, 0) is 21.7 Å². The quantitative estimate of drug-likeness (QED) is 0.101. The summed E-state index contributed by atoms with van der Waals surface area (Å²) in [4.78, 5) is 9.05. The lowest BCUT2D eigenvalue weighted by molar-refractivity contribution is 0.568. The molecule has 5 heteroatoms. The molecule has 0 aromatic heterocycles. The zero-order chi connectivity index (χ0) is 52.7. The van der Waals surface area contributed by atoms with Gasteiger partial charge in [-0.25, -0.2) is 4.85 Å². The van der Waals surface area contributed by atoms with Crippen LogP contribution in [0.3, 0.4) is 0 Å². The zero-order valence-corrected chi connectivity index (χ0v) is 45.5. The van der Waals surface area contributed by atoms with Gasteiger partial charge in [-0.05, 0) is 181 Å². The van der Waals surface area contributed by atoms with Gasteiger partial charge in [0.2, 0.25) is 0 Å². The van der Waals surface area contributed by atoms with E-state index in [0.717, 1.165) is 45.3 Å². The van der Waals surface area contributed by atoms with Crippen LogP contribution in [0.5, 0.6) is 0 Å². The van der Waals surface area contributed by atoms with E-state index in [1.807, 2.05) is 12.1 Å². The van der Waals surface area contributed by atoms with Crippen LogP contribution in [-0.4, -0.2) is 6.71 Å². The Labute approximate surface area is 443 Å². The summed E-state index contributed by atoms with van der Waals surface area (Å²) in [5.74, 6) is 0. The highest BCUT2D eigenvalue weighted by Gasteiger charge is 2.45. The molecule has 4 nitrogen and oxygen atoms in total. The van der Waals surface area contributed by atoms with Gasteiger partial charge in [-0.2, -0.15) is 5.26 Å². The van der Waals surface area contributed by atoms with E-state index in [-0.39, 0.29) is 28.4 Å². The third-order valence-electron chi connectivity index (χ3n) is 16.1. The van der Waals surface area contributed by atoms with E-state index >= 15 is 0 Å². The fourth-order valence-corrected chi connectivity index (χ4v) is 11.8. The van der Waals surface area contributed by atoms with Gasteiger partial charge in [0.25, 0.3) is 6.71 Å². The Bertz CT molecular complexity index is 3830. The molecular weight excluding hydrogens is 908 g/mol. The van der Waals surface area contributed by atoms with Crippen LogP contribution >= 0.6 is 0 Å². The summed E-state index contributed by atoms with van der Waals surface area (Å²) in [6, 6.07) is 63.9. The third-order valence-corrected chi connectivity index (χ3v) is 16.1. The van der Waals surface area contributed by atoms with Crippen molar-refractivity contribution < 1.29 is 0 Å². The van der Waals surface area contributed by atoms with Gasteiger partial charge in [0, 0.05) is 39.7 Å². The van der Waals surface area contributed by atoms with Crippen molar-refractivity contribution in [2.45, 2.75) is 105 Å². The number of fused-ring (bicyclic) bond motifs is 10. The molecule has 75 heavy (non-hydrogen) atoms. The maximum Gasteiger partial charge on any atom is 0.252 e. The van der Waals surface area contributed by atoms with Crippen molar-refractivity contribution >= 4 is 106 Å². The third kappa shape index (κ3) is 7.95. The van der Waals surface area contributed by atoms with Crippen molar-refractivity contribution in [2.75, 3.05) is 9.80 Å². The lowest BCUT2D eigenvalue weighted by Gasteiger charge is -2.45. The Morgan fingerprint density at radius 3 is 1.21 bits per heavy atom. The number of nitrogens with zero attached hydrogens (tertiary/aromatic N) is 4. The molecule has 0 bridgehead atoms. The summed E-state index contributed by atoms with van der Waals surface area (Å²) < 4.78 is 0. The van der Waals surface area contributed by atoms with Gasteiger partial charge in [-0.1, -0.05) is 180 Å². The van der Waals surface area contributed by atoms with Crippen LogP contribution in [0.25, 0.3) is 59.1 Å². The van der Waals surface area contributed by atoms with Crippen molar-refractivity contribution in [1.29, 1.82) is 5.26 Å². The lowest BCUT2D eigenvalue weighted by atomic mass is 9.33. The molecule has 2 aliphatic heterocycles. The summed E-state index contributed by atoms with van der Waals surface area (Å²) in [7, 11) is 0. The zero-order valence-electron chi connectivity index (χ0n) is 45.5. The predicted octanol–water partition coefficient (Wildman–Crippen LogP) is 17.7. The minimum Gasteiger partial charge on any atom is -0.311 e. The maximum atomic E-state index is 10.5. The minimum absolute atomic E-state index is 0.143. The Morgan fingerprint density at radius 1 is 0.413 bits per heavy atom. The smallest absolute Gasteiger partial charge is 0.252 e. The molecular formula is C70H63BN4. The van der Waals surface area contributed by atoms with Crippen molar-refractivity contribution in [3.63, 3.8) is 0 Å². The fourth-order valence-electron chi connectivity index (χ4n) is 11.8. The van der Waals surface area contributed by atoms with E-state index in [0.29, 0.717) is 11.3 Å². The van der Waals surface area contributed by atoms with Gasteiger partial charge < -0.3 is 9.80 Å². The van der Waals surface area contributed by atoms with Crippen LogP contribution < -0.4 is 26.2 Å². The van der Waals surface area contributed by atoms with Gasteiger partial charge in [-0.3, -0.25) is 0 Å². The van der Waals surface area contributed by atoms with E-state index in [1.54, 1.807) is 6.07 Å². The van der Waals surface area contributed by atoms with Gasteiger partial charge in [0.15, 0.2) is 5.69 Å². The first-order valence-corrected chi connectivity index (χ1v) is 26.5. The Kier molecular flexibility index (Phi) is 10.7. The molecule has 0 atom stereocenters. The van der Waals surface area contributed by atoms with Gasteiger partial charge in [0.1, 0.15) is 0 Å². The molecule has 10 aromatic rings. The van der Waals surface area contributed by atoms with Crippen LogP contribution in [0, 0.1) is 17.9 Å². The highest BCUT2D eigenvalue weighted by molar-refractivity contribution is 7.00. The van der Waals surface area contributed by atoms with Crippen LogP contribution in [0.15, 0.2) is 164 Å². The topological polar surface area (TPSA) is 34.6 Å². The SMILES string of the molecule is [C-]#[N+]c1cc(C#N)cc(-c2cc3c4c(c2)N(c2cc(C(C)(C)C)cc(C(C)(C)C)c2)c2cc5c(ccc6ccccc65)cc2B4c2cc4ccc5ccccc5c4cc2N3c2cc(C(C)(C)C)cc(C(C)(C)C)c2)c1. The largest absolute Gasteiger partial charge is 0.311 e. The molecule has 0 N–H and O–H groups in total. The molecule has 0 spiro atoms. The first kappa shape index (κ1) is 47.9. The average molecular weight is 971 g/mol. The highest BCUT2D eigenvalue weighted by Crippen LogP contribution is 2.50. The minimum atomic E-state index is -0.168. The second-order valence-electron chi connectivity index (χ2n) is 25.4. The maximum absolute atomic E-state index is 10.5. The average Bonchev–Trinajstić information content (AvgIpc) is 3.47. The fraction of sp³-hybridized carbons (Fsp3) is 0.229. The monoisotopic (exact) mass is 971 g/mol. The molecule has 366 valence electrons. The normalized spacial score (nSPS) is 13.5. The molecule has 0 saturated carbocycles. The number of rotatable bonds is 3. The summed E-state index contributed by atoms with van der Waals surface area (Å²) >= 11 is 0. The number of hydrogen-bond donors (Lipinski definition) is 0. The molecule has 2 aliphatic rings. The second-order valence-corrected chi connectivity index (χ2v) is 25.4. The van der Waals surface area contributed by atoms with Crippen LogP contribution in [0.1, 0.15) is 111 Å². The van der Waals surface area contributed by atoms with Gasteiger partial charge >= 0.3 is 0 Å². The van der Waals surface area contributed by atoms with Gasteiger partial charge in [0.05, 0.1) is 12.6 Å². The summed E-state index contributed by atoms with van der Waals surface area (Å²) in [6.45, 7) is 35.9. The van der Waals surface area contributed by atoms with Crippen molar-refractivity contribution in [2.24, 2.45) is 0 Å². The standard InChI is InChI=1S/C70H63BN4/c1-67(2,3)49-33-50(68(4,5)6)36-54(35-49)74-62-39-58-45(24-22-43-18-14-16-20-56(43)58)29-60(62)71-61-30-46-25-23-44-19-15-17-21-57(44)59(46)40-63(61)75(55-37-51(69(7,8)9)34-52(38-55)70(10,11)12)65-32-48(31-64(74)66(65)71)47-26-42(41-72)27-53(28-47)73-13/h14-40H,1-12H3. The summed E-state index contributed by atoms with van der Waals surface area (Å²) in [6.07, 6.45) is 0. The van der Waals surface area contributed by atoms with E-state index in [9.17, 15) is 5.26 Å². The van der Waals surface area contributed by atoms with E-state index < -0.39 is 0 Å². The first-order chi connectivity index (χ1) is 35.6. The molecule has 0 amide bonds. The van der Waals surface area contributed by atoms with Crippen LogP contribution in [0.2, 0.25) is 0 Å². The molecule has 0 saturated heterocycles. The lowest BCUT2D eigenvalue weighted by Crippen LogP contribution is -2.61. The molecule has 10 aromatic carbocycles. The second kappa shape index (κ2) is 16.7. The first-order valence-electron chi connectivity index (χ1n) is 26.5. The van der Waals surface area contributed by atoms with E-state index in [2.05, 4.69) is 249 Å². The number of hydrogen-bond acceptors (Lipinski definition) is 3. The molecule has 0 unspecified atom stereocenters. The number of benzene rings is 10. The summed E-state index contributed by atoms with van der Waals surface area (Å²) in [5.41, 5.74) is 17.5. The number of anilines is 6. The molecule has 0 aliphatic carbocycles. The van der Waals surface area contributed by atoms with Gasteiger partial charge in [-0.15, -0.1) is 0 Å². The Balaban J connectivity index is 1.30. The molecule has 0 radical (unpaired) electrons. The molecule has 2 heterocycles. The highest BCUT2D eigenvalue weighted by atomic mass is 15.2. The Morgan fingerprint density at radius 2 is 0.813 bits per heavy atom. The summed E-state index contributed by atoms with van der Waals surface area (Å²) in [5, 5.41) is 20.2. The predicted molar refractivity (Wildman–Crippen MR) is 322 cm³/mol. The van der Waals surface area contributed by atoms with Crippen molar-refractivity contribution in [1.82, 2.24) is 0 Å². The van der Waals surface area contributed by atoms with Crippen LogP contribution in [0.4, 0.5) is 39.8 Å². The van der Waals surface area contributed by atoms with Crippen molar-refractivity contribution in [3.05, 3.63) is 203 Å². The van der Waals surface area contributed by atoms with Crippen molar-refractivity contribution in [3.8, 4) is 17.2 Å². The molecule has 0 fully saturated rings.